The van der Waals surface area contributed by atoms with Crippen LogP contribution in [0.4, 0.5) is 0 Å². The maximum atomic E-state index is 11.2. The zero-order valence-electron chi connectivity index (χ0n) is 9.32. The van der Waals surface area contributed by atoms with E-state index in [-0.39, 0.29) is 4.90 Å². The zero-order chi connectivity index (χ0) is 11.6. The van der Waals surface area contributed by atoms with Gasteiger partial charge >= 0.3 is 0 Å². The van der Waals surface area contributed by atoms with Crippen molar-refractivity contribution in [3.63, 3.8) is 0 Å². The first-order chi connectivity index (χ1) is 6.86. The third-order valence-electron chi connectivity index (χ3n) is 2.45. The predicted molar refractivity (Wildman–Crippen MR) is 61.3 cm³/mol. The molecule has 0 saturated heterocycles. The van der Waals surface area contributed by atoms with Crippen LogP contribution >= 0.6 is 0 Å². The number of sulfonamides is 1. The summed E-state index contributed by atoms with van der Waals surface area (Å²) in [4.78, 5) is 0.198. The van der Waals surface area contributed by atoms with Gasteiger partial charge in [-0.2, -0.15) is 0 Å². The van der Waals surface area contributed by atoms with E-state index in [4.69, 9.17) is 5.14 Å². The van der Waals surface area contributed by atoms with Crippen LogP contribution in [0.25, 0.3) is 0 Å². The molecule has 84 valence electrons. The number of hydrogen-bond acceptors (Lipinski definition) is 2. The minimum atomic E-state index is -3.58. The standard InChI is InChI=1S/C11H17NO2S/c1-4-9-7-10(15(12,13)14)5-6-11(9)8(2)3/h5-8H,4H2,1-3H3,(H2,12,13,14). The fourth-order valence-corrected chi connectivity index (χ4v) is 2.19. The SMILES string of the molecule is CCc1cc(S(N)(=O)=O)ccc1C(C)C. The number of aryl methyl sites for hydroxylation is 1. The van der Waals surface area contributed by atoms with Crippen molar-refractivity contribution < 1.29 is 8.42 Å². The predicted octanol–water partition coefficient (Wildman–Crippen LogP) is 2.02. The van der Waals surface area contributed by atoms with Crippen molar-refractivity contribution in [2.75, 3.05) is 0 Å². The second-order valence-electron chi connectivity index (χ2n) is 3.91. The molecule has 0 saturated carbocycles. The van der Waals surface area contributed by atoms with E-state index in [1.807, 2.05) is 13.0 Å². The third kappa shape index (κ3) is 2.79. The Morgan fingerprint density at radius 2 is 1.93 bits per heavy atom. The molecule has 1 aromatic carbocycles. The first-order valence-electron chi connectivity index (χ1n) is 5.02. The number of hydrogen-bond donors (Lipinski definition) is 1. The molecule has 0 aliphatic rings. The summed E-state index contributed by atoms with van der Waals surface area (Å²) >= 11 is 0. The molecular formula is C11H17NO2S. The average Bonchev–Trinajstić information content (AvgIpc) is 2.15. The quantitative estimate of drug-likeness (QED) is 0.858. The highest BCUT2D eigenvalue weighted by atomic mass is 32.2. The fraction of sp³-hybridized carbons (Fsp3) is 0.455. The monoisotopic (exact) mass is 227 g/mol. The lowest BCUT2D eigenvalue weighted by molar-refractivity contribution is 0.597. The van der Waals surface area contributed by atoms with E-state index in [2.05, 4.69) is 13.8 Å². The van der Waals surface area contributed by atoms with Crippen molar-refractivity contribution in [3.05, 3.63) is 29.3 Å². The lowest BCUT2D eigenvalue weighted by atomic mass is 9.96. The maximum absolute atomic E-state index is 11.2. The van der Waals surface area contributed by atoms with Gasteiger partial charge in [0.25, 0.3) is 0 Å². The van der Waals surface area contributed by atoms with Gasteiger partial charge in [0, 0.05) is 0 Å². The molecule has 0 aliphatic heterocycles. The van der Waals surface area contributed by atoms with Crippen molar-refractivity contribution in [1.29, 1.82) is 0 Å². The minimum Gasteiger partial charge on any atom is -0.225 e. The highest BCUT2D eigenvalue weighted by molar-refractivity contribution is 7.89. The van der Waals surface area contributed by atoms with E-state index in [9.17, 15) is 8.42 Å². The first kappa shape index (κ1) is 12.2. The Bertz CT molecular complexity index is 450. The Labute approximate surface area is 91.4 Å². The maximum Gasteiger partial charge on any atom is 0.238 e. The summed E-state index contributed by atoms with van der Waals surface area (Å²) < 4.78 is 22.3. The summed E-state index contributed by atoms with van der Waals surface area (Å²) in [5, 5.41) is 5.08. The van der Waals surface area contributed by atoms with Crippen molar-refractivity contribution in [2.45, 2.75) is 38.0 Å². The van der Waals surface area contributed by atoms with E-state index in [1.54, 1.807) is 12.1 Å². The van der Waals surface area contributed by atoms with Gasteiger partial charge in [-0.3, -0.25) is 0 Å². The van der Waals surface area contributed by atoms with Crippen LogP contribution < -0.4 is 5.14 Å². The molecule has 0 spiro atoms. The molecular weight excluding hydrogens is 210 g/mol. The highest BCUT2D eigenvalue weighted by Crippen LogP contribution is 2.22. The van der Waals surface area contributed by atoms with Gasteiger partial charge in [-0.15, -0.1) is 0 Å². The van der Waals surface area contributed by atoms with Crippen molar-refractivity contribution >= 4 is 10.0 Å². The Morgan fingerprint density at radius 1 is 1.33 bits per heavy atom. The normalized spacial score (nSPS) is 12.1. The van der Waals surface area contributed by atoms with E-state index in [0.717, 1.165) is 12.0 Å². The van der Waals surface area contributed by atoms with Gasteiger partial charge in [-0.25, -0.2) is 13.6 Å². The summed E-state index contributed by atoms with van der Waals surface area (Å²) in [6, 6.07) is 5.09. The van der Waals surface area contributed by atoms with Crippen LogP contribution in [-0.4, -0.2) is 8.42 Å². The molecule has 2 N–H and O–H groups in total. The van der Waals surface area contributed by atoms with Crippen LogP contribution in [0, 0.1) is 0 Å². The molecule has 0 amide bonds. The molecule has 1 aromatic rings. The summed E-state index contributed by atoms with van der Waals surface area (Å²) in [6.45, 7) is 6.18. The molecule has 0 aromatic heterocycles. The minimum absolute atomic E-state index is 0.198. The number of benzene rings is 1. The first-order valence-corrected chi connectivity index (χ1v) is 6.56. The third-order valence-corrected chi connectivity index (χ3v) is 3.36. The molecule has 0 radical (unpaired) electrons. The van der Waals surface area contributed by atoms with Crippen LogP contribution in [0.15, 0.2) is 23.1 Å². The largest absolute Gasteiger partial charge is 0.238 e. The summed E-state index contributed by atoms with van der Waals surface area (Å²) in [6.07, 6.45) is 0.816. The van der Waals surface area contributed by atoms with Crippen molar-refractivity contribution in [2.24, 2.45) is 5.14 Å². The van der Waals surface area contributed by atoms with Crippen LogP contribution in [0.1, 0.15) is 37.8 Å². The van der Waals surface area contributed by atoms with Gasteiger partial charge in [0.05, 0.1) is 4.90 Å². The average molecular weight is 227 g/mol. The van der Waals surface area contributed by atoms with Gasteiger partial charge in [0.2, 0.25) is 10.0 Å². The smallest absolute Gasteiger partial charge is 0.225 e. The van der Waals surface area contributed by atoms with Crippen LogP contribution in [0.5, 0.6) is 0 Å². The van der Waals surface area contributed by atoms with Gasteiger partial charge < -0.3 is 0 Å². The zero-order valence-corrected chi connectivity index (χ0v) is 10.1. The van der Waals surface area contributed by atoms with Crippen LogP contribution in [0.2, 0.25) is 0 Å². The second-order valence-corrected chi connectivity index (χ2v) is 5.48. The number of nitrogens with two attached hydrogens (primary N) is 1. The Balaban J connectivity index is 3.32. The van der Waals surface area contributed by atoms with Crippen molar-refractivity contribution in [1.82, 2.24) is 0 Å². The summed E-state index contributed by atoms with van der Waals surface area (Å²) in [7, 11) is -3.58. The molecule has 0 heterocycles. The van der Waals surface area contributed by atoms with E-state index >= 15 is 0 Å². The topological polar surface area (TPSA) is 60.2 Å². The molecule has 0 unspecified atom stereocenters. The summed E-state index contributed by atoms with van der Waals surface area (Å²) in [5.41, 5.74) is 2.24. The lowest BCUT2D eigenvalue weighted by Crippen LogP contribution is -2.13. The summed E-state index contributed by atoms with van der Waals surface area (Å²) in [5.74, 6) is 0.398. The molecule has 0 aliphatic carbocycles. The Morgan fingerprint density at radius 3 is 2.33 bits per heavy atom. The van der Waals surface area contributed by atoms with Crippen LogP contribution in [-0.2, 0) is 16.4 Å². The van der Waals surface area contributed by atoms with E-state index in [1.165, 1.54) is 5.56 Å². The number of rotatable bonds is 3. The molecule has 4 heteroatoms. The molecule has 0 atom stereocenters. The molecule has 3 nitrogen and oxygen atoms in total. The second kappa shape index (κ2) is 4.33. The lowest BCUT2D eigenvalue weighted by Gasteiger charge is -2.12. The van der Waals surface area contributed by atoms with Crippen LogP contribution in [0.3, 0.4) is 0 Å². The van der Waals surface area contributed by atoms with Gasteiger partial charge in [-0.05, 0) is 35.6 Å². The molecule has 0 fully saturated rings. The Kier molecular flexibility index (Phi) is 3.52. The fourth-order valence-electron chi connectivity index (χ4n) is 1.63. The van der Waals surface area contributed by atoms with Gasteiger partial charge in [-0.1, -0.05) is 26.8 Å². The molecule has 1 rings (SSSR count). The molecule has 0 bridgehead atoms. The molecule has 15 heavy (non-hydrogen) atoms. The van der Waals surface area contributed by atoms with E-state index in [0.29, 0.717) is 5.92 Å². The van der Waals surface area contributed by atoms with E-state index < -0.39 is 10.0 Å². The number of primary sulfonamides is 1. The Hall–Kier alpha value is -0.870. The van der Waals surface area contributed by atoms with Gasteiger partial charge in [0.15, 0.2) is 0 Å². The van der Waals surface area contributed by atoms with Crippen molar-refractivity contribution in [3.8, 4) is 0 Å². The highest BCUT2D eigenvalue weighted by Gasteiger charge is 2.11. The van der Waals surface area contributed by atoms with Gasteiger partial charge in [0.1, 0.15) is 0 Å².